The van der Waals surface area contributed by atoms with Crippen molar-refractivity contribution in [2.45, 2.75) is 0 Å². The van der Waals surface area contributed by atoms with Gasteiger partial charge < -0.3 is 0 Å². The molecule has 0 heterocycles. The van der Waals surface area contributed by atoms with Gasteiger partial charge in [-0.3, -0.25) is 0 Å². The van der Waals surface area contributed by atoms with Crippen LogP contribution >= 0.6 is 0 Å². The summed E-state index contributed by atoms with van der Waals surface area (Å²) in [5, 5.41) is 39.6. The van der Waals surface area contributed by atoms with Gasteiger partial charge in [0.2, 0.25) is 0 Å². The number of hydrogen-bond acceptors (Lipinski definition) is 8. The predicted octanol–water partition coefficient (Wildman–Crippen LogP) is -1.74. The molecule has 78 valence electrons. The van der Waals surface area contributed by atoms with Crippen LogP contribution in [-0.4, -0.2) is 65.3 Å². The van der Waals surface area contributed by atoms with E-state index in [9.17, 15) is 40.5 Å². The third-order valence-corrected chi connectivity index (χ3v) is 5.07. The third-order valence-electron chi connectivity index (χ3n) is 0.620. The Balaban J connectivity index is 0. The van der Waals surface area contributed by atoms with E-state index in [0.29, 0.717) is 0 Å². The number of nitro groups is 4. The Kier molecular flexibility index (Phi) is 6.68. The Morgan fingerprint density at radius 3 is 0.786 bits per heavy atom. The minimum atomic E-state index is -6.70. The molecule has 0 aliphatic rings. The first-order chi connectivity index (χ1) is 5.77. The van der Waals surface area contributed by atoms with Crippen molar-refractivity contribution in [2.24, 2.45) is 0 Å². The van der Waals surface area contributed by atoms with Gasteiger partial charge in [0, 0.05) is 0 Å². The summed E-state index contributed by atoms with van der Waals surface area (Å²) in [6.45, 7) is 0. The molecule has 14 heavy (non-hydrogen) atoms. The molecule has 0 radical (unpaired) electrons. The van der Waals surface area contributed by atoms with Crippen molar-refractivity contribution >= 4 is 51.4 Å². The Labute approximate surface area is 121 Å². The van der Waals surface area contributed by atoms with Gasteiger partial charge in [-0.1, -0.05) is 0 Å². The van der Waals surface area contributed by atoms with Crippen molar-refractivity contribution in [3.8, 4) is 0 Å². The monoisotopic (exact) mass is 419 g/mol. The Hall–Kier alpha value is -0.0753. The Bertz CT molecular complexity index is 236. The zero-order chi connectivity index (χ0) is 10.8. The fourth-order valence-corrected chi connectivity index (χ4v) is 2.07. The second kappa shape index (κ2) is 5.72. The molecule has 0 atom stereocenters. The van der Waals surface area contributed by atoms with Gasteiger partial charge in [0.25, 0.3) is 0 Å². The molecular formula is HKN4O8Pt+2. The van der Waals surface area contributed by atoms with E-state index in [4.69, 9.17) is 0 Å². The Morgan fingerprint density at radius 1 is 0.643 bits per heavy atom. The van der Waals surface area contributed by atoms with Crippen LogP contribution in [0.3, 0.4) is 0 Å². The molecular weight excluding hydrogens is 418 g/mol. The normalized spacial score (nSPS) is 10.9. The summed E-state index contributed by atoms with van der Waals surface area (Å²) in [4.78, 5) is 39.6. The average Bonchev–Trinajstić information content (AvgIpc) is 1.82. The summed E-state index contributed by atoms with van der Waals surface area (Å²) in [6.07, 6.45) is 0. The second-order valence-corrected chi connectivity index (χ2v) is 7.18. The van der Waals surface area contributed by atoms with Gasteiger partial charge >= 0.3 is 123 Å². The van der Waals surface area contributed by atoms with Crippen LogP contribution in [0.2, 0.25) is 0 Å². The molecule has 14 heteroatoms. The van der Waals surface area contributed by atoms with Crippen LogP contribution in [-0.2, 0) is 17.1 Å². The number of hydrogen-bond donors (Lipinski definition) is 0. The quantitative estimate of drug-likeness (QED) is 0.293. The fourth-order valence-electron chi connectivity index (χ4n) is 0.253. The van der Waals surface area contributed by atoms with Crippen molar-refractivity contribution in [3.05, 3.63) is 40.5 Å². The van der Waals surface area contributed by atoms with Crippen LogP contribution in [0.1, 0.15) is 0 Å². The van der Waals surface area contributed by atoms with Crippen LogP contribution in [0, 0.1) is 40.5 Å². The molecule has 0 aromatic rings. The van der Waals surface area contributed by atoms with Crippen molar-refractivity contribution in [1.82, 2.24) is 0 Å². The van der Waals surface area contributed by atoms with Gasteiger partial charge in [0.15, 0.2) is 0 Å². The van der Waals surface area contributed by atoms with Crippen LogP contribution in [0.15, 0.2) is 0 Å². The summed E-state index contributed by atoms with van der Waals surface area (Å²) in [7, 11) is 0. The first-order valence-electron chi connectivity index (χ1n) is 2.03. The molecule has 0 rings (SSSR count). The SMILES string of the molecule is O=[N+]([O-])[Pt+2]([N+](=O)[O-])([N+](=O)[O-])[N+](=O)[O-].[KH]. The topological polar surface area (TPSA) is 173 Å². The molecule has 0 bridgehead atoms. The molecule has 0 aliphatic heterocycles. The summed E-state index contributed by atoms with van der Waals surface area (Å²) < 4.78 is -8.03. The second-order valence-electron chi connectivity index (χ2n) is 1.14. The first kappa shape index (κ1) is 16.4. The standard InChI is InChI=1S/K.4NO2.Pt.H/c;4*2-1-3;;/q;;;;;+2;. The fraction of sp³-hybridized carbons (Fsp3) is 0. The average molecular weight is 419 g/mol. The van der Waals surface area contributed by atoms with E-state index in [1.165, 1.54) is 0 Å². The molecule has 0 aliphatic carbocycles. The summed E-state index contributed by atoms with van der Waals surface area (Å²) in [5.74, 6) is 0. The van der Waals surface area contributed by atoms with E-state index >= 15 is 0 Å². The zero-order valence-corrected chi connectivity index (χ0v) is 7.64. The molecule has 0 saturated heterocycles. The molecule has 12 nitrogen and oxygen atoms in total. The minimum absolute atomic E-state index is 0. The van der Waals surface area contributed by atoms with Gasteiger partial charge in [-0.15, -0.1) is 0 Å². The summed E-state index contributed by atoms with van der Waals surface area (Å²) >= 11 is -6.70. The first-order valence-corrected chi connectivity index (χ1v) is 6.09. The van der Waals surface area contributed by atoms with Gasteiger partial charge in [-0.2, -0.15) is 0 Å². The van der Waals surface area contributed by atoms with Gasteiger partial charge in [0.05, 0.1) is 0 Å². The van der Waals surface area contributed by atoms with E-state index in [2.05, 4.69) is 0 Å². The van der Waals surface area contributed by atoms with Crippen LogP contribution < -0.4 is 0 Å². The molecule has 0 unspecified atom stereocenters. The van der Waals surface area contributed by atoms with Crippen LogP contribution in [0.5, 0.6) is 0 Å². The molecule has 0 fully saturated rings. The van der Waals surface area contributed by atoms with E-state index in [1.807, 2.05) is 0 Å². The molecule has 0 spiro atoms. The van der Waals surface area contributed by atoms with Crippen LogP contribution in [0.25, 0.3) is 0 Å². The van der Waals surface area contributed by atoms with E-state index < -0.39 is 31.0 Å². The number of rotatable bonds is 4. The van der Waals surface area contributed by atoms with Crippen LogP contribution in [0.4, 0.5) is 0 Å². The van der Waals surface area contributed by atoms with Crippen molar-refractivity contribution in [2.75, 3.05) is 0 Å². The maximum atomic E-state index is 9.91. The van der Waals surface area contributed by atoms with Gasteiger partial charge in [-0.05, 0) is 0 Å². The van der Waals surface area contributed by atoms with Crippen molar-refractivity contribution < 1.29 is 31.0 Å². The van der Waals surface area contributed by atoms with E-state index in [1.54, 1.807) is 0 Å². The van der Waals surface area contributed by atoms with E-state index in [0.717, 1.165) is 0 Å². The third kappa shape index (κ3) is 2.49. The molecule has 0 aromatic heterocycles. The zero-order valence-electron chi connectivity index (χ0n) is 5.37. The summed E-state index contributed by atoms with van der Waals surface area (Å²) in [5.41, 5.74) is 0. The van der Waals surface area contributed by atoms with Gasteiger partial charge in [-0.25, -0.2) is 0 Å². The van der Waals surface area contributed by atoms with Gasteiger partial charge in [0.1, 0.15) is 0 Å². The number of nitrogens with zero attached hydrogens (tertiary/aromatic N) is 4. The molecule has 0 saturated carbocycles. The Morgan fingerprint density at radius 2 is 0.786 bits per heavy atom. The van der Waals surface area contributed by atoms with E-state index in [-0.39, 0.29) is 51.4 Å². The molecule has 0 N–H and O–H groups in total. The molecule has 0 aromatic carbocycles. The predicted molar refractivity (Wildman–Crippen MR) is 35.1 cm³/mol. The molecule has 0 amide bonds. The summed E-state index contributed by atoms with van der Waals surface area (Å²) in [6, 6.07) is 0. The van der Waals surface area contributed by atoms with Crippen molar-refractivity contribution in [3.63, 3.8) is 0 Å². The van der Waals surface area contributed by atoms with Crippen molar-refractivity contribution in [1.29, 1.82) is 0 Å². The maximum absolute atomic E-state index is 9.91.